The zero-order chi connectivity index (χ0) is 10.1. The Kier molecular flexibility index (Phi) is 2.59. The van der Waals surface area contributed by atoms with Gasteiger partial charge in [-0.2, -0.15) is 5.10 Å². The number of nitrogens with zero attached hydrogens (tertiary/aromatic N) is 2. The molecule has 1 fully saturated rings. The van der Waals surface area contributed by atoms with Crippen molar-refractivity contribution in [1.82, 2.24) is 9.78 Å². The van der Waals surface area contributed by atoms with Gasteiger partial charge in [0.2, 0.25) is 0 Å². The first-order valence-electron chi connectivity index (χ1n) is 5.48. The molecule has 3 nitrogen and oxygen atoms in total. The van der Waals surface area contributed by atoms with E-state index in [4.69, 9.17) is 5.73 Å². The predicted molar refractivity (Wildman–Crippen MR) is 57.0 cm³/mol. The summed E-state index contributed by atoms with van der Waals surface area (Å²) in [5.41, 5.74) is 8.26. The van der Waals surface area contributed by atoms with Crippen molar-refractivity contribution < 1.29 is 0 Å². The summed E-state index contributed by atoms with van der Waals surface area (Å²) in [6, 6.07) is 2.27. The molecule has 0 radical (unpaired) electrons. The zero-order valence-electron chi connectivity index (χ0n) is 9.03. The first-order chi connectivity index (χ1) is 6.68. The Morgan fingerprint density at radius 1 is 1.50 bits per heavy atom. The molecule has 1 aliphatic rings. The summed E-state index contributed by atoms with van der Waals surface area (Å²) in [7, 11) is 1.98. The average molecular weight is 193 g/mol. The fraction of sp³-hybridized carbons (Fsp3) is 0.727. The second-order valence-corrected chi connectivity index (χ2v) is 4.39. The zero-order valence-corrected chi connectivity index (χ0v) is 9.03. The van der Waals surface area contributed by atoms with Crippen molar-refractivity contribution >= 4 is 0 Å². The van der Waals surface area contributed by atoms with Gasteiger partial charge in [-0.1, -0.05) is 12.8 Å². The Bertz CT molecular complexity index is 308. The van der Waals surface area contributed by atoms with Crippen LogP contribution in [0.2, 0.25) is 0 Å². The maximum Gasteiger partial charge on any atom is 0.0658 e. The van der Waals surface area contributed by atoms with Crippen LogP contribution in [0.1, 0.15) is 56.0 Å². The van der Waals surface area contributed by atoms with Crippen molar-refractivity contribution in [2.45, 2.75) is 44.6 Å². The Balaban J connectivity index is 2.22. The van der Waals surface area contributed by atoms with Crippen molar-refractivity contribution in [1.29, 1.82) is 0 Å². The van der Waals surface area contributed by atoms with E-state index >= 15 is 0 Å². The van der Waals surface area contributed by atoms with E-state index in [9.17, 15) is 0 Å². The highest BCUT2D eigenvalue weighted by molar-refractivity contribution is 5.17. The monoisotopic (exact) mass is 193 g/mol. The maximum absolute atomic E-state index is 5.87. The van der Waals surface area contributed by atoms with Gasteiger partial charge < -0.3 is 5.73 Å². The molecule has 0 saturated heterocycles. The number of hydrogen-bond acceptors (Lipinski definition) is 2. The van der Waals surface area contributed by atoms with Crippen LogP contribution in [0.15, 0.2) is 6.07 Å². The summed E-state index contributed by atoms with van der Waals surface area (Å²) < 4.78 is 1.93. The van der Waals surface area contributed by atoms with Crippen LogP contribution >= 0.6 is 0 Å². The third-order valence-corrected chi connectivity index (χ3v) is 3.17. The van der Waals surface area contributed by atoms with Crippen LogP contribution in [-0.4, -0.2) is 9.78 Å². The van der Waals surface area contributed by atoms with Gasteiger partial charge in [0, 0.05) is 19.0 Å². The lowest BCUT2D eigenvalue weighted by molar-refractivity contribution is 0.626. The summed E-state index contributed by atoms with van der Waals surface area (Å²) in [5, 5.41) is 4.55. The molecule has 0 unspecified atom stereocenters. The van der Waals surface area contributed by atoms with Gasteiger partial charge in [0.25, 0.3) is 0 Å². The molecule has 14 heavy (non-hydrogen) atoms. The van der Waals surface area contributed by atoms with Gasteiger partial charge in [-0.25, -0.2) is 0 Å². The Morgan fingerprint density at radius 3 is 2.64 bits per heavy atom. The summed E-state index contributed by atoms with van der Waals surface area (Å²) in [6.07, 6.45) is 5.31. The maximum atomic E-state index is 5.87. The molecule has 2 rings (SSSR count). The van der Waals surface area contributed by atoms with Crippen molar-refractivity contribution in [2.24, 2.45) is 12.8 Å². The first-order valence-corrected chi connectivity index (χ1v) is 5.48. The van der Waals surface area contributed by atoms with Gasteiger partial charge in [0.1, 0.15) is 0 Å². The molecule has 1 heterocycles. The fourth-order valence-electron chi connectivity index (χ4n) is 2.35. The van der Waals surface area contributed by atoms with E-state index in [0.29, 0.717) is 5.92 Å². The second kappa shape index (κ2) is 3.73. The normalized spacial score (nSPS) is 20.2. The van der Waals surface area contributed by atoms with Crippen molar-refractivity contribution in [3.05, 3.63) is 17.5 Å². The summed E-state index contributed by atoms with van der Waals surface area (Å²) in [4.78, 5) is 0. The average Bonchev–Trinajstić information content (AvgIpc) is 2.70. The molecule has 1 aromatic heterocycles. The van der Waals surface area contributed by atoms with E-state index in [1.54, 1.807) is 0 Å². The summed E-state index contributed by atoms with van der Waals surface area (Å²) in [6.45, 7) is 2.01. The lowest BCUT2D eigenvalue weighted by atomic mass is 10.0. The van der Waals surface area contributed by atoms with Crippen molar-refractivity contribution in [2.75, 3.05) is 0 Å². The number of hydrogen-bond donors (Lipinski definition) is 1. The molecule has 0 aromatic carbocycles. The van der Waals surface area contributed by atoms with Crippen LogP contribution in [0.5, 0.6) is 0 Å². The van der Waals surface area contributed by atoms with Crippen LogP contribution in [-0.2, 0) is 7.05 Å². The number of aromatic nitrogens is 2. The molecule has 0 aliphatic heterocycles. The Morgan fingerprint density at radius 2 is 2.14 bits per heavy atom. The molecule has 1 aromatic rings. The quantitative estimate of drug-likeness (QED) is 0.781. The van der Waals surface area contributed by atoms with E-state index in [2.05, 4.69) is 11.2 Å². The molecule has 0 bridgehead atoms. The van der Waals surface area contributed by atoms with Crippen molar-refractivity contribution in [3.63, 3.8) is 0 Å². The standard InChI is InChI=1S/C11H19N3/c1-8(12)11-7-10(13-14(11)2)9-5-3-4-6-9/h7-9H,3-6,12H2,1-2H3/t8-/m0/s1. The highest BCUT2D eigenvalue weighted by Crippen LogP contribution is 2.33. The van der Waals surface area contributed by atoms with Gasteiger partial charge in [0.15, 0.2) is 0 Å². The van der Waals surface area contributed by atoms with Crippen LogP contribution < -0.4 is 5.73 Å². The molecule has 78 valence electrons. The smallest absolute Gasteiger partial charge is 0.0658 e. The molecular formula is C11H19N3. The first kappa shape index (κ1) is 9.71. The molecule has 2 N–H and O–H groups in total. The van der Waals surface area contributed by atoms with Crippen LogP contribution in [0.25, 0.3) is 0 Å². The highest BCUT2D eigenvalue weighted by atomic mass is 15.3. The van der Waals surface area contributed by atoms with Crippen LogP contribution in [0, 0.1) is 0 Å². The van der Waals surface area contributed by atoms with Crippen LogP contribution in [0.3, 0.4) is 0 Å². The molecule has 0 spiro atoms. The van der Waals surface area contributed by atoms with Gasteiger partial charge in [-0.05, 0) is 25.8 Å². The lowest BCUT2D eigenvalue weighted by Gasteiger charge is -2.03. The molecule has 3 heteroatoms. The van der Waals surface area contributed by atoms with Gasteiger partial charge in [0.05, 0.1) is 11.4 Å². The third-order valence-electron chi connectivity index (χ3n) is 3.17. The van der Waals surface area contributed by atoms with E-state index in [-0.39, 0.29) is 6.04 Å². The van der Waals surface area contributed by atoms with E-state index < -0.39 is 0 Å². The Labute approximate surface area is 85.3 Å². The lowest BCUT2D eigenvalue weighted by Crippen LogP contribution is -2.10. The molecule has 1 atom stereocenters. The molecule has 1 aliphatic carbocycles. The van der Waals surface area contributed by atoms with Crippen molar-refractivity contribution in [3.8, 4) is 0 Å². The SMILES string of the molecule is C[C@H](N)c1cc(C2CCCC2)nn1C. The number of rotatable bonds is 2. The molecule has 1 saturated carbocycles. The topological polar surface area (TPSA) is 43.8 Å². The molecule has 0 amide bonds. The van der Waals surface area contributed by atoms with E-state index in [1.807, 2.05) is 18.7 Å². The van der Waals surface area contributed by atoms with Crippen LogP contribution in [0.4, 0.5) is 0 Å². The molecular weight excluding hydrogens is 174 g/mol. The van der Waals surface area contributed by atoms with Gasteiger partial charge >= 0.3 is 0 Å². The predicted octanol–water partition coefficient (Wildman–Crippen LogP) is 2.10. The summed E-state index contributed by atoms with van der Waals surface area (Å²) >= 11 is 0. The minimum atomic E-state index is 0.0858. The minimum Gasteiger partial charge on any atom is -0.323 e. The number of nitrogens with two attached hydrogens (primary N) is 1. The van der Waals surface area contributed by atoms with E-state index in [0.717, 1.165) is 5.69 Å². The van der Waals surface area contributed by atoms with E-state index in [1.165, 1.54) is 31.4 Å². The third kappa shape index (κ3) is 1.69. The second-order valence-electron chi connectivity index (χ2n) is 4.39. The summed E-state index contributed by atoms with van der Waals surface area (Å²) in [5.74, 6) is 0.689. The van der Waals surface area contributed by atoms with Gasteiger partial charge in [-0.3, -0.25) is 4.68 Å². The fourth-order valence-corrected chi connectivity index (χ4v) is 2.35. The highest BCUT2D eigenvalue weighted by Gasteiger charge is 2.21. The largest absolute Gasteiger partial charge is 0.323 e. The minimum absolute atomic E-state index is 0.0858. The number of aryl methyl sites for hydroxylation is 1. The Hall–Kier alpha value is -0.830. The van der Waals surface area contributed by atoms with Gasteiger partial charge in [-0.15, -0.1) is 0 Å².